The van der Waals surface area contributed by atoms with Crippen LogP contribution in [-0.4, -0.2) is 12.1 Å². The fraction of sp³-hybridized carbons (Fsp3) is 0.760. The minimum absolute atomic E-state index is 0.0369. The van der Waals surface area contributed by atoms with E-state index in [0.717, 1.165) is 57.3 Å². The normalized spacial score (nSPS) is 28.2. The van der Waals surface area contributed by atoms with Crippen LogP contribution in [0.25, 0.3) is 0 Å². The lowest BCUT2D eigenvalue weighted by molar-refractivity contribution is -0.157. The summed E-state index contributed by atoms with van der Waals surface area (Å²) in [5.74, 6) is 0.830. The second-order valence-corrected chi connectivity index (χ2v) is 8.92. The third kappa shape index (κ3) is 9.15. The molecule has 0 atom stereocenters. The van der Waals surface area contributed by atoms with Crippen molar-refractivity contribution in [2.45, 2.75) is 103 Å². The molecule has 0 amide bonds. The first-order valence-corrected chi connectivity index (χ1v) is 11.7. The summed E-state index contributed by atoms with van der Waals surface area (Å²) in [6, 6.07) is 1.46. The van der Waals surface area contributed by atoms with E-state index in [0.29, 0.717) is 5.92 Å². The summed E-state index contributed by atoms with van der Waals surface area (Å²) in [7, 11) is 0. The van der Waals surface area contributed by atoms with Crippen LogP contribution in [-0.2, 0) is 9.53 Å². The number of nitrogens with zero attached hydrogens (tertiary/aromatic N) is 1. The van der Waals surface area contributed by atoms with Gasteiger partial charge in [0, 0.05) is 0 Å². The van der Waals surface area contributed by atoms with Crippen LogP contribution in [0.3, 0.4) is 0 Å². The van der Waals surface area contributed by atoms with E-state index in [1.165, 1.54) is 50.7 Å². The van der Waals surface area contributed by atoms with Crippen molar-refractivity contribution in [3.8, 4) is 6.07 Å². The largest absolute Gasteiger partial charge is 0.462 e. The van der Waals surface area contributed by atoms with Crippen LogP contribution in [0.5, 0.6) is 0 Å². The van der Waals surface area contributed by atoms with Gasteiger partial charge in [-0.25, -0.2) is 0 Å². The Morgan fingerprint density at radius 3 is 2.34 bits per heavy atom. The van der Waals surface area contributed by atoms with Crippen LogP contribution < -0.4 is 0 Å². The highest BCUT2D eigenvalue weighted by Gasteiger charge is 2.30. The number of allylic oxidation sites excluding steroid dienone is 4. The van der Waals surface area contributed by atoms with Gasteiger partial charge in [0.1, 0.15) is 12.2 Å². The SMILES string of the molecule is CCCCC[C@H]1CC[C@H](OC(=O)[C@H]2CC[C@H](CCC=CC=C(F)C#N)CC2)CC1. The third-order valence-corrected chi connectivity index (χ3v) is 6.70. The number of hydrogen-bond donors (Lipinski definition) is 0. The van der Waals surface area contributed by atoms with Gasteiger partial charge in [-0.2, -0.15) is 9.65 Å². The molecule has 3 nitrogen and oxygen atoms in total. The van der Waals surface area contributed by atoms with Gasteiger partial charge in [0.05, 0.1) is 5.92 Å². The molecular weight excluding hydrogens is 365 g/mol. The van der Waals surface area contributed by atoms with Crippen LogP contribution in [0.4, 0.5) is 4.39 Å². The summed E-state index contributed by atoms with van der Waals surface area (Å²) >= 11 is 0. The summed E-state index contributed by atoms with van der Waals surface area (Å²) in [5.41, 5.74) is 0. The summed E-state index contributed by atoms with van der Waals surface area (Å²) in [6.07, 6.45) is 20.7. The standard InChI is InChI=1S/C25H38FNO2/c1-2-3-5-8-21-13-17-24(18-14-21)29-25(28)22-15-11-20(12-16-22)9-6-4-7-10-23(26)19-27/h4,7,10,20-22,24H,2-3,5-6,8-9,11-18H2,1H3/t20-,21-,22-,24-. The van der Waals surface area contributed by atoms with Crippen molar-refractivity contribution in [1.82, 2.24) is 0 Å². The van der Waals surface area contributed by atoms with E-state index in [2.05, 4.69) is 6.92 Å². The number of esters is 1. The minimum Gasteiger partial charge on any atom is -0.462 e. The second kappa shape index (κ2) is 13.6. The molecule has 0 unspecified atom stereocenters. The van der Waals surface area contributed by atoms with Crippen molar-refractivity contribution in [2.24, 2.45) is 17.8 Å². The lowest BCUT2D eigenvalue weighted by Gasteiger charge is -2.31. The average molecular weight is 404 g/mol. The molecule has 0 aromatic heterocycles. The maximum Gasteiger partial charge on any atom is 0.309 e. The van der Waals surface area contributed by atoms with Gasteiger partial charge in [-0.3, -0.25) is 4.79 Å². The molecule has 29 heavy (non-hydrogen) atoms. The highest BCUT2D eigenvalue weighted by molar-refractivity contribution is 5.72. The quantitative estimate of drug-likeness (QED) is 0.168. The van der Waals surface area contributed by atoms with Gasteiger partial charge < -0.3 is 4.74 Å². The highest BCUT2D eigenvalue weighted by atomic mass is 19.1. The molecule has 2 rings (SSSR count). The molecule has 4 heteroatoms. The molecule has 0 aliphatic heterocycles. The molecule has 0 aromatic carbocycles. The molecule has 2 saturated carbocycles. The topological polar surface area (TPSA) is 50.1 Å². The Labute approximate surface area is 176 Å². The fourth-order valence-electron chi connectivity index (χ4n) is 4.79. The lowest BCUT2D eigenvalue weighted by Crippen LogP contribution is -2.30. The molecule has 2 aliphatic carbocycles. The molecule has 0 aromatic rings. The molecule has 162 valence electrons. The minimum atomic E-state index is -0.759. The fourth-order valence-corrected chi connectivity index (χ4v) is 4.79. The summed E-state index contributed by atoms with van der Waals surface area (Å²) in [5, 5.41) is 8.35. The summed E-state index contributed by atoms with van der Waals surface area (Å²) < 4.78 is 18.6. The number of halogens is 1. The van der Waals surface area contributed by atoms with E-state index in [1.54, 1.807) is 6.08 Å². The Balaban J connectivity index is 1.58. The van der Waals surface area contributed by atoms with Crippen molar-refractivity contribution in [2.75, 3.05) is 0 Å². The zero-order valence-electron chi connectivity index (χ0n) is 18.1. The van der Waals surface area contributed by atoms with E-state index in [4.69, 9.17) is 10.00 Å². The number of rotatable bonds is 10. The number of unbranched alkanes of at least 4 members (excludes halogenated alkanes) is 2. The van der Waals surface area contributed by atoms with Crippen LogP contribution in [0.2, 0.25) is 0 Å². The van der Waals surface area contributed by atoms with E-state index >= 15 is 0 Å². The van der Waals surface area contributed by atoms with Crippen LogP contribution in [0, 0.1) is 29.1 Å². The van der Waals surface area contributed by atoms with Crippen molar-refractivity contribution in [3.63, 3.8) is 0 Å². The number of hydrogen-bond acceptors (Lipinski definition) is 3. The van der Waals surface area contributed by atoms with Crippen LogP contribution in [0.1, 0.15) is 96.8 Å². The molecular formula is C25H38FNO2. The van der Waals surface area contributed by atoms with Gasteiger partial charge in [-0.15, -0.1) is 0 Å². The van der Waals surface area contributed by atoms with Gasteiger partial charge in [0.2, 0.25) is 0 Å². The number of ether oxygens (including phenoxy) is 1. The Morgan fingerprint density at radius 2 is 1.69 bits per heavy atom. The van der Waals surface area contributed by atoms with E-state index in [1.807, 2.05) is 6.08 Å². The summed E-state index contributed by atoms with van der Waals surface area (Å²) in [4.78, 5) is 12.6. The van der Waals surface area contributed by atoms with E-state index in [-0.39, 0.29) is 18.0 Å². The van der Waals surface area contributed by atoms with Crippen LogP contribution >= 0.6 is 0 Å². The van der Waals surface area contributed by atoms with Gasteiger partial charge in [0.15, 0.2) is 5.83 Å². The first kappa shape index (κ1) is 23.6. The van der Waals surface area contributed by atoms with Crippen molar-refractivity contribution < 1.29 is 13.9 Å². The molecule has 0 N–H and O–H groups in total. The monoisotopic (exact) mass is 403 g/mol. The zero-order valence-corrected chi connectivity index (χ0v) is 18.1. The van der Waals surface area contributed by atoms with Gasteiger partial charge in [-0.1, -0.05) is 44.8 Å². The van der Waals surface area contributed by atoms with Gasteiger partial charge in [-0.05, 0) is 82.1 Å². The zero-order chi connectivity index (χ0) is 20.9. The first-order valence-electron chi connectivity index (χ1n) is 11.7. The second-order valence-electron chi connectivity index (χ2n) is 8.92. The molecule has 0 spiro atoms. The molecule has 2 fully saturated rings. The molecule has 0 saturated heterocycles. The number of carbonyl (C=O) groups is 1. The Bertz CT molecular complexity index is 576. The maximum absolute atomic E-state index is 12.7. The average Bonchev–Trinajstić information content (AvgIpc) is 2.75. The van der Waals surface area contributed by atoms with Crippen molar-refractivity contribution in [1.29, 1.82) is 5.26 Å². The van der Waals surface area contributed by atoms with Gasteiger partial charge >= 0.3 is 5.97 Å². The van der Waals surface area contributed by atoms with Crippen LogP contribution in [0.15, 0.2) is 24.1 Å². The maximum atomic E-state index is 12.7. The van der Waals surface area contributed by atoms with Crippen molar-refractivity contribution >= 4 is 5.97 Å². The van der Waals surface area contributed by atoms with E-state index < -0.39 is 5.83 Å². The Kier molecular flexibility index (Phi) is 11.1. The highest BCUT2D eigenvalue weighted by Crippen LogP contribution is 2.34. The Morgan fingerprint density at radius 1 is 1.03 bits per heavy atom. The lowest BCUT2D eigenvalue weighted by atomic mass is 9.80. The number of nitriles is 1. The summed E-state index contributed by atoms with van der Waals surface area (Å²) in [6.45, 7) is 2.25. The molecule has 2 aliphatic rings. The van der Waals surface area contributed by atoms with Gasteiger partial charge in [0.25, 0.3) is 0 Å². The number of carbonyl (C=O) groups excluding carboxylic acids is 1. The third-order valence-electron chi connectivity index (χ3n) is 6.70. The smallest absolute Gasteiger partial charge is 0.309 e. The molecule has 0 radical (unpaired) electrons. The van der Waals surface area contributed by atoms with E-state index in [9.17, 15) is 9.18 Å². The molecule has 0 bridgehead atoms. The molecule has 0 heterocycles. The first-order chi connectivity index (χ1) is 14.1. The van der Waals surface area contributed by atoms with Crippen molar-refractivity contribution in [3.05, 3.63) is 24.1 Å². The predicted molar refractivity (Wildman–Crippen MR) is 115 cm³/mol. The Hall–Kier alpha value is -1.63. The predicted octanol–water partition coefficient (Wildman–Crippen LogP) is 7.19.